The maximum Gasteiger partial charge on any atom is 0.0132 e. The first-order chi connectivity index (χ1) is 5.56. The highest BCUT2D eigenvalue weighted by Gasteiger charge is 2.07. The molecule has 2 heteroatoms. The molecule has 0 radical (unpaired) electrons. The largest absolute Gasteiger partial charge is 0.327 e. The second-order valence-corrected chi connectivity index (χ2v) is 5.41. The molecule has 0 bridgehead atoms. The van der Waals surface area contributed by atoms with Crippen LogP contribution in [0.1, 0.15) is 40.5 Å². The van der Waals surface area contributed by atoms with Gasteiger partial charge in [-0.15, -0.1) is 0 Å². The zero-order valence-corrected chi connectivity index (χ0v) is 9.66. The fourth-order valence-corrected chi connectivity index (χ4v) is 2.03. The van der Waals surface area contributed by atoms with E-state index in [-0.39, 0.29) is 0 Å². The summed E-state index contributed by atoms with van der Waals surface area (Å²) in [4.78, 5) is 0. The molecule has 0 saturated carbocycles. The molecule has 12 heavy (non-hydrogen) atoms. The molecule has 0 saturated heterocycles. The van der Waals surface area contributed by atoms with E-state index in [1.807, 2.05) is 11.8 Å². The van der Waals surface area contributed by atoms with Crippen LogP contribution in [0.4, 0.5) is 0 Å². The van der Waals surface area contributed by atoms with Crippen LogP contribution in [-0.4, -0.2) is 17.0 Å². The van der Waals surface area contributed by atoms with E-state index in [4.69, 9.17) is 5.73 Å². The maximum absolute atomic E-state index is 5.96. The van der Waals surface area contributed by atoms with Crippen LogP contribution in [-0.2, 0) is 0 Å². The van der Waals surface area contributed by atoms with Crippen LogP contribution in [0.3, 0.4) is 0 Å². The molecule has 0 fully saturated rings. The van der Waals surface area contributed by atoms with Gasteiger partial charge in [-0.25, -0.2) is 0 Å². The van der Waals surface area contributed by atoms with Gasteiger partial charge in [0.1, 0.15) is 0 Å². The second-order valence-electron chi connectivity index (χ2n) is 3.94. The smallest absolute Gasteiger partial charge is 0.0132 e. The van der Waals surface area contributed by atoms with Crippen LogP contribution in [0.5, 0.6) is 0 Å². The van der Waals surface area contributed by atoms with Gasteiger partial charge >= 0.3 is 0 Å². The predicted octanol–water partition coefficient (Wildman–Crippen LogP) is 2.89. The Kier molecular flexibility index (Phi) is 6.96. The van der Waals surface area contributed by atoms with Gasteiger partial charge in [0, 0.05) is 17.0 Å². The zero-order valence-electron chi connectivity index (χ0n) is 8.84. The third kappa shape index (κ3) is 6.99. The van der Waals surface area contributed by atoms with Crippen molar-refractivity contribution in [2.24, 2.45) is 11.7 Å². The van der Waals surface area contributed by atoms with Gasteiger partial charge in [0.15, 0.2) is 0 Å². The minimum atomic E-state index is 0.393. The van der Waals surface area contributed by atoms with Crippen LogP contribution < -0.4 is 5.73 Å². The summed E-state index contributed by atoms with van der Waals surface area (Å²) in [7, 11) is 0. The Bertz CT molecular complexity index is 104. The molecule has 0 heterocycles. The summed E-state index contributed by atoms with van der Waals surface area (Å²) in [5, 5.41) is 0.767. The number of hydrogen-bond acceptors (Lipinski definition) is 2. The Labute approximate surface area is 81.5 Å². The third-order valence-electron chi connectivity index (χ3n) is 1.94. The van der Waals surface area contributed by atoms with E-state index >= 15 is 0 Å². The Morgan fingerprint density at radius 2 is 1.83 bits per heavy atom. The standard InChI is InChI=1S/C10H23NS/c1-5-9(4)12-7-10(11)6-8(2)3/h8-10H,5-7,11H2,1-4H3. The van der Waals surface area contributed by atoms with Gasteiger partial charge in [-0.2, -0.15) is 11.8 Å². The lowest BCUT2D eigenvalue weighted by molar-refractivity contribution is 0.524. The summed E-state index contributed by atoms with van der Waals surface area (Å²) in [6.45, 7) is 8.96. The van der Waals surface area contributed by atoms with Crippen LogP contribution in [0.2, 0.25) is 0 Å². The van der Waals surface area contributed by atoms with E-state index in [0.29, 0.717) is 6.04 Å². The fourth-order valence-electron chi connectivity index (χ4n) is 1.08. The lowest BCUT2D eigenvalue weighted by Gasteiger charge is -2.15. The molecule has 0 amide bonds. The van der Waals surface area contributed by atoms with Crippen molar-refractivity contribution in [2.75, 3.05) is 5.75 Å². The molecule has 0 aromatic rings. The molecule has 2 atom stereocenters. The zero-order chi connectivity index (χ0) is 9.56. The minimum absolute atomic E-state index is 0.393. The molecule has 1 nitrogen and oxygen atoms in total. The average Bonchev–Trinajstić information content (AvgIpc) is 1.99. The van der Waals surface area contributed by atoms with Crippen molar-refractivity contribution >= 4 is 11.8 Å². The van der Waals surface area contributed by atoms with Crippen LogP contribution in [0.25, 0.3) is 0 Å². The van der Waals surface area contributed by atoms with E-state index in [2.05, 4.69) is 27.7 Å². The van der Waals surface area contributed by atoms with Crippen LogP contribution in [0, 0.1) is 5.92 Å². The summed E-state index contributed by atoms with van der Waals surface area (Å²) in [5.41, 5.74) is 5.96. The van der Waals surface area contributed by atoms with Gasteiger partial charge in [0.25, 0.3) is 0 Å². The van der Waals surface area contributed by atoms with Crippen molar-refractivity contribution in [3.8, 4) is 0 Å². The molecule has 74 valence electrons. The van der Waals surface area contributed by atoms with E-state index in [1.54, 1.807) is 0 Å². The van der Waals surface area contributed by atoms with Gasteiger partial charge in [-0.3, -0.25) is 0 Å². The van der Waals surface area contributed by atoms with Crippen molar-refractivity contribution in [1.82, 2.24) is 0 Å². The molecule has 0 aliphatic rings. The van der Waals surface area contributed by atoms with Crippen molar-refractivity contribution in [3.63, 3.8) is 0 Å². The Morgan fingerprint density at radius 3 is 2.25 bits per heavy atom. The van der Waals surface area contributed by atoms with E-state index in [1.165, 1.54) is 6.42 Å². The molecule has 0 aromatic heterocycles. The Balaban J connectivity index is 3.36. The molecular formula is C10H23NS. The minimum Gasteiger partial charge on any atom is -0.327 e. The number of hydrogen-bond donors (Lipinski definition) is 1. The van der Waals surface area contributed by atoms with Crippen LogP contribution >= 0.6 is 11.8 Å². The third-order valence-corrected chi connectivity index (χ3v) is 3.47. The molecule has 0 spiro atoms. The Morgan fingerprint density at radius 1 is 1.25 bits per heavy atom. The van der Waals surface area contributed by atoms with Gasteiger partial charge in [-0.05, 0) is 18.8 Å². The lowest BCUT2D eigenvalue weighted by atomic mass is 10.1. The van der Waals surface area contributed by atoms with Crippen molar-refractivity contribution in [3.05, 3.63) is 0 Å². The molecule has 0 aromatic carbocycles. The van der Waals surface area contributed by atoms with Gasteiger partial charge in [-0.1, -0.05) is 27.7 Å². The second kappa shape index (κ2) is 6.79. The topological polar surface area (TPSA) is 26.0 Å². The number of thioether (sulfide) groups is 1. The summed E-state index contributed by atoms with van der Waals surface area (Å²) in [5.74, 6) is 1.85. The lowest BCUT2D eigenvalue weighted by Crippen LogP contribution is -2.25. The fraction of sp³-hybridized carbons (Fsp3) is 1.00. The van der Waals surface area contributed by atoms with Crippen molar-refractivity contribution < 1.29 is 0 Å². The molecule has 0 rings (SSSR count). The van der Waals surface area contributed by atoms with E-state index < -0.39 is 0 Å². The normalized spacial score (nSPS) is 16.5. The Hall–Kier alpha value is 0.310. The molecule has 2 unspecified atom stereocenters. The summed E-state index contributed by atoms with van der Waals surface area (Å²) in [6, 6.07) is 0.393. The first kappa shape index (κ1) is 12.3. The number of rotatable bonds is 6. The first-order valence-electron chi connectivity index (χ1n) is 4.93. The highest BCUT2D eigenvalue weighted by Crippen LogP contribution is 2.16. The average molecular weight is 189 g/mol. The van der Waals surface area contributed by atoms with E-state index in [0.717, 1.165) is 23.3 Å². The summed E-state index contributed by atoms with van der Waals surface area (Å²) < 4.78 is 0. The van der Waals surface area contributed by atoms with Crippen LogP contribution in [0.15, 0.2) is 0 Å². The highest BCUT2D eigenvalue weighted by molar-refractivity contribution is 7.99. The summed E-state index contributed by atoms with van der Waals surface area (Å²) >= 11 is 2.00. The molecule has 0 aliphatic carbocycles. The van der Waals surface area contributed by atoms with Crippen molar-refractivity contribution in [2.45, 2.75) is 51.8 Å². The monoisotopic (exact) mass is 189 g/mol. The maximum atomic E-state index is 5.96. The van der Waals surface area contributed by atoms with Crippen molar-refractivity contribution in [1.29, 1.82) is 0 Å². The van der Waals surface area contributed by atoms with Gasteiger partial charge < -0.3 is 5.73 Å². The van der Waals surface area contributed by atoms with Gasteiger partial charge in [0.05, 0.1) is 0 Å². The quantitative estimate of drug-likeness (QED) is 0.695. The first-order valence-corrected chi connectivity index (χ1v) is 5.98. The molecule has 2 N–H and O–H groups in total. The SMILES string of the molecule is CCC(C)SCC(N)CC(C)C. The molecule has 0 aliphatic heterocycles. The number of nitrogens with two attached hydrogens (primary N) is 1. The predicted molar refractivity (Wildman–Crippen MR) is 59.6 cm³/mol. The van der Waals surface area contributed by atoms with Gasteiger partial charge in [0.2, 0.25) is 0 Å². The molecular weight excluding hydrogens is 166 g/mol. The highest BCUT2D eigenvalue weighted by atomic mass is 32.2. The summed E-state index contributed by atoms with van der Waals surface area (Å²) in [6.07, 6.45) is 2.41. The van der Waals surface area contributed by atoms with E-state index in [9.17, 15) is 0 Å².